The number of aliphatic imine (C=N–C) groups is 1. The molecule has 0 aromatic rings. The van der Waals surface area contributed by atoms with Crippen LogP contribution in [0.1, 0.15) is 20.3 Å². The lowest BCUT2D eigenvalue weighted by Gasteiger charge is -2.19. The highest BCUT2D eigenvalue weighted by molar-refractivity contribution is 6.12. The van der Waals surface area contributed by atoms with Gasteiger partial charge in [0.05, 0.1) is 5.71 Å². The predicted octanol–water partition coefficient (Wildman–Crippen LogP) is 2.80. The summed E-state index contributed by atoms with van der Waals surface area (Å²) < 4.78 is 0. The standard InChI is InChI=1S/C13H20N2/c1-6-10(2)12-9-11(15(4)5)7-8-13(12)14-3/h7-9H,6H2,1-5H3/b12-10-,14-13?. The van der Waals surface area contributed by atoms with Crippen LogP contribution in [0.2, 0.25) is 0 Å². The molecule has 0 N–H and O–H groups in total. The van der Waals surface area contributed by atoms with Crippen LogP contribution in [-0.2, 0) is 0 Å². The van der Waals surface area contributed by atoms with E-state index < -0.39 is 0 Å². The summed E-state index contributed by atoms with van der Waals surface area (Å²) in [5.74, 6) is 0. The molecule has 0 aromatic carbocycles. The average molecular weight is 204 g/mol. The fourth-order valence-corrected chi connectivity index (χ4v) is 1.53. The van der Waals surface area contributed by atoms with Gasteiger partial charge in [0.15, 0.2) is 0 Å². The van der Waals surface area contributed by atoms with E-state index in [2.05, 4.69) is 56.1 Å². The minimum Gasteiger partial charge on any atom is -0.378 e. The Hall–Kier alpha value is -1.31. The molecule has 15 heavy (non-hydrogen) atoms. The number of nitrogens with zero attached hydrogens (tertiary/aromatic N) is 2. The van der Waals surface area contributed by atoms with Gasteiger partial charge in [-0.1, -0.05) is 12.5 Å². The van der Waals surface area contributed by atoms with Crippen LogP contribution < -0.4 is 0 Å². The monoisotopic (exact) mass is 204 g/mol. The van der Waals surface area contributed by atoms with Crippen molar-refractivity contribution in [1.82, 2.24) is 4.90 Å². The van der Waals surface area contributed by atoms with Crippen LogP contribution in [0.3, 0.4) is 0 Å². The van der Waals surface area contributed by atoms with E-state index in [0.717, 1.165) is 12.1 Å². The summed E-state index contributed by atoms with van der Waals surface area (Å²) in [7, 11) is 5.96. The zero-order valence-electron chi connectivity index (χ0n) is 10.3. The van der Waals surface area contributed by atoms with Crippen LogP contribution in [0.25, 0.3) is 0 Å². The SMILES string of the molecule is CC/C(C)=C1/C=C(N(C)C)C=CC1=NC. The van der Waals surface area contributed by atoms with Crippen molar-refractivity contribution in [2.24, 2.45) is 4.99 Å². The third kappa shape index (κ3) is 2.58. The second kappa shape index (κ2) is 4.96. The Morgan fingerprint density at radius 2 is 2.00 bits per heavy atom. The Kier molecular flexibility index (Phi) is 3.89. The number of likely N-dealkylation sites (N-methyl/N-ethyl adjacent to an activating group) is 1. The first-order valence-corrected chi connectivity index (χ1v) is 5.34. The molecule has 1 rings (SSSR count). The van der Waals surface area contributed by atoms with Crippen molar-refractivity contribution in [2.75, 3.05) is 21.1 Å². The Morgan fingerprint density at radius 3 is 2.47 bits per heavy atom. The van der Waals surface area contributed by atoms with Crippen molar-refractivity contribution < 1.29 is 0 Å². The van der Waals surface area contributed by atoms with Crippen LogP contribution in [-0.4, -0.2) is 31.8 Å². The van der Waals surface area contributed by atoms with Crippen molar-refractivity contribution in [2.45, 2.75) is 20.3 Å². The lowest BCUT2D eigenvalue weighted by molar-refractivity contribution is 0.529. The summed E-state index contributed by atoms with van der Waals surface area (Å²) in [6.45, 7) is 4.35. The highest BCUT2D eigenvalue weighted by Crippen LogP contribution is 2.20. The van der Waals surface area contributed by atoms with E-state index >= 15 is 0 Å². The first-order chi connectivity index (χ1) is 7.10. The normalized spacial score (nSPS) is 21.7. The fourth-order valence-electron chi connectivity index (χ4n) is 1.53. The van der Waals surface area contributed by atoms with Crippen molar-refractivity contribution >= 4 is 5.71 Å². The maximum absolute atomic E-state index is 4.30. The van der Waals surface area contributed by atoms with Gasteiger partial charge in [0, 0.05) is 32.4 Å². The number of allylic oxidation sites excluding steroid dienone is 5. The number of hydrogen-bond acceptors (Lipinski definition) is 2. The third-order valence-corrected chi connectivity index (χ3v) is 2.73. The molecule has 0 amide bonds. The molecule has 0 saturated carbocycles. The van der Waals surface area contributed by atoms with Gasteiger partial charge in [-0.3, -0.25) is 4.99 Å². The minimum atomic E-state index is 1.07. The molecule has 0 atom stereocenters. The van der Waals surface area contributed by atoms with E-state index in [1.54, 1.807) is 0 Å². The molecule has 0 unspecified atom stereocenters. The van der Waals surface area contributed by atoms with Crippen LogP contribution in [0.5, 0.6) is 0 Å². The molecule has 0 aromatic heterocycles. The number of hydrogen-bond donors (Lipinski definition) is 0. The third-order valence-electron chi connectivity index (χ3n) is 2.73. The highest BCUT2D eigenvalue weighted by atomic mass is 15.1. The van der Waals surface area contributed by atoms with Gasteiger partial charge in [-0.25, -0.2) is 0 Å². The molecule has 0 saturated heterocycles. The molecule has 0 aliphatic heterocycles. The van der Waals surface area contributed by atoms with E-state index in [0.29, 0.717) is 0 Å². The average Bonchev–Trinajstić information content (AvgIpc) is 2.27. The smallest absolute Gasteiger partial charge is 0.0644 e. The van der Waals surface area contributed by atoms with Gasteiger partial charge in [0.1, 0.15) is 0 Å². The van der Waals surface area contributed by atoms with Crippen molar-refractivity contribution in [1.29, 1.82) is 0 Å². The van der Waals surface area contributed by atoms with Crippen molar-refractivity contribution in [3.05, 3.63) is 35.1 Å². The van der Waals surface area contributed by atoms with Crippen molar-refractivity contribution in [3.63, 3.8) is 0 Å². The van der Waals surface area contributed by atoms with Gasteiger partial charge >= 0.3 is 0 Å². The molecule has 0 bridgehead atoms. The second-order valence-corrected chi connectivity index (χ2v) is 3.95. The van der Waals surface area contributed by atoms with Gasteiger partial charge in [-0.05, 0) is 31.6 Å². The summed E-state index contributed by atoms with van der Waals surface area (Å²) in [5.41, 5.74) is 4.97. The van der Waals surface area contributed by atoms with Gasteiger partial charge < -0.3 is 4.90 Å². The van der Waals surface area contributed by atoms with E-state index in [4.69, 9.17) is 0 Å². The highest BCUT2D eigenvalue weighted by Gasteiger charge is 2.11. The van der Waals surface area contributed by atoms with Crippen molar-refractivity contribution in [3.8, 4) is 0 Å². The molecular weight excluding hydrogens is 184 g/mol. The molecule has 0 fully saturated rings. The quantitative estimate of drug-likeness (QED) is 0.675. The fraction of sp³-hybridized carbons (Fsp3) is 0.462. The lowest BCUT2D eigenvalue weighted by atomic mass is 9.97. The first-order valence-electron chi connectivity index (χ1n) is 5.34. The zero-order valence-corrected chi connectivity index (χ0v) is 10.3. The number of rotatable bonds is 2. The molecule has 0 spiro atoms. The van der Waals surface area contributed by atoms with Crippen LogP contribution in [0.15, 0.2) is 40.1 Å². The Balaban J connectivity index is 3.17. The summed E-state index contributed by atoms with van der Waals surface area (Å²) in [5, 5.41) is 0. The molecule has 2 nitrogen and oxygen atoms in total. The Bertz CT molecular complexity index is 355. The summed E-state index contributed by atoms with van der Waals surface area (Å²) in [6.07, 6.45) is 7.47. The molecule has 2 heteroatoms. The topological polar surface area (TPSA) is 15.6 Å². The second-order valence-electron chi connectivity index (χ2n) is 3.95. The largest absolute Gasteiger partial charge is 0.378 e. The maximum atomic E-state index is 4.30. The van der Waals surface area contributed by atoms with Crippen LogP contribution in [0, 0.1) is 0 Å². The lowest BCUT2D eigenvalue weighted by Crippen LogP contribution is -2.14. The first kappa shape index (κ1) is 11.8. The Morgan fingerprint density at radius 1 is 1.33 bits per heavy atom. The molecule has 0 heterocycles. The molecular formula is C13H20N2. The maximum Gasteiger partial charge on any atom is 0.0644 e. The van der Waals surface area contributed by atoms with E-state index in [-0.39, 0.29) is 0 Å². The van der Waals surface area contributed by atoms with Crippen LogP contribution >= 0.6 is 0 Å². The molecule has 1 aliphatic carbocycles. The van der Waals surface area contributed by atoms with Gasteiger partial charge in [-0.2, -0.15) is 0 Å². The molecule has 1 aliphatic rings. The van der Waals surface area contributed by atoms with Crippen LogP contribution in [0.4, 0.5) is 0 Å². The van der Waals surface area contributed by atoms with E-state index in [1.165, 1.54) is 16.8 Å². The van der Waals surface area contributed by atoms with Gasteiger partial charge in [-0.15, -0.1) is 0 Å². The Labute approximate surface area is 92.7 Å². The predicted molar refractivity (Wildman–Crippen MR) is 67.3 cm³/mol. The van der Waals surface area contributed by atoms with Gasteiger partial charge in [0.25, 0.3) is 0 Å². The zero-order chi connectivity index (χ0) is 11.4. The van der Waals surface area contributed by atoms with E-state index in [1.807, 2.05) is 7.05 Å². The van der Waals surface area contributed by atoms with Gasteiger partial charge in [0.2, 0.25) is 0 Å². The van der Waals surface area contributed by atoms with E-state index in [9.17, 15) is 0 Å². The summed E-state index contributed by atoms with van der Waals surface area (Å²) in [4.78, 5) is 6.42. The molecule has 0 radical (unpaired) electrons. The summed E-state index contributed by atoms with van der Waals surface area (Å²) >= 11 is 0. The molecule has 82 valence electrons. The minimum absolute atomic E-state index is 1.07. The summed E-state index contributed by atoms with van der Waals surface area (Å²) in [6, 6.07) is 0.